The largest absolute Gasteiger partial charge is 0.378 e. The lowest BCUT2D eigenvalue weighted by molar-refractivity contribution is 0.0146. The molecule has 1 heteroatoms. The molecule has 0 saturated heterocycles. The zero-order chi connectivity index (χ0) is 17.7. The van der Waals surface area contributed by atoms with Crippen molar-refractivity contribution in [3.05, 3.63) is 12.2 Å². The lowest BCUT2D eigenvalue weighted by atomic mass is 9.77. The number of unbranched alkanes of at least 4 members (excludes halogenated alkanes) is 3. The number of hydrogen-bond acceptors (Lipinski definition) is 1. The van der Waals surface area contributed by atoms with E-state index < -0.39 is 0 Å². The van der Waals surface area contributed by atoms with Crippen LogP contribution in [0.5, 0.6) is 0 Å². The Labute approximate surface area is 158 Å². The Morgan fingerprint density at radius 2 is 1.40 bits per heavy atom. The topological polar surface area (TPSA) is 9.23 Å². The molecule has 2 fully saturated rings. The summed E-state index contributed by atoms with van der Waals surface area (Å²) in [6, 6.07) is 0. The van der Waals surface area contributed by atoms with Crippen LogP contribution in [0.4, 0.5) is 0 Å². The highest BCUT2D eigenvalue weighted by atomic mass is 16.5. The van der Waals surface area contributed by atoms with Crippen LogP contribution in [-0.4, -0.2) is 12.7 Å². The second-order valence-corrected chi connectivity index (χ2v) is 8.80. The first-order valence-corrected chi connectivity index (χ1v) is 11.6. The van der Waals surface area contributed by atoms with Crippen molar-refractivity contribution in [2.24, 2.45) is 17.8 Å². The molecule has 0 aromatic carbocycles. The third-order valence-corrected chi connectivity index (χ3v) is 6.63. The summed E-state index contributed by atoms with van der Waals surface area (Å²) in [6.45, 7) is 5.53. The summed E-state index contributed by atoms with van der Waals surface area (Å²) >= 11 is 0. The Morgan fingerprint density at radius 1 is 0.760 bits per heavy atom. The van der Waals surface area contributed by atoms with E-state index in [0.717, 1.165) is 24.4 Å². The molecule has 146 valence electrons. The Morgan fingerprint density at radius 3 is 2.00 bits per heavy atom. The van der Waals surface area contributed by atoms with E-state index in [1.165, 1.54) is 96.3 Å². The molecule has 2 aliphatic carbocycles. The highest BCUT2D eigenvalue weighted by Crippen LogP contribution is 2.36. The Kier molecular flexibility index (Phi) is 10.9. The molecule has 0 heterocycles. The number of hydrogen-bond donors (Lipinski definition) is 0. The first kappa shape index (κ1) is 21.0. The molecular formula is C24H44O. The second-order valence-electron chi connectivity index (χ2n) is 8.80. The van der Waals surface area contributed by atoms with E-state index in [4.69, 9.17) is 4.74 Å². The van der Waals surface area contributed by atoms with Gasteiger partial charge < -0.3 is 4.74 Å². The van der Waals surface area contributed by atoms with Crippen molar-refractivity contribution in [3.63, 3.8) is 0 Å². The van der Waals surface area contributed by atoms with E-state index >= 15 is 0 Å². The van der Waals surface area contributed by atoms with Gasteiger partial charge in [0.05, 0.1) is 6.10 Å². The molecule has 0 spiro atoms. The van der Waals surface area contributed by atoms with Gasteiger partial charge in [-0.05, 0) is 82.0 Å². The molecule has 0 radical (unpaired) electrons. The highest BCUT2D eigenvalue weighted by molar-refractivity contribution is 4.91. The second kappa shape index (κ2) is 13.0. The molecule has 0 aromatic heterocycles. The van der Waals surface area contributed by atoms with Gasteiger partial charge in [0, 0.05) is 6.61 Å². The Bertz CT molecular complexity index is 332. The minimum Gasteiger partial charge on any atom is -0.378 e. The van der Waals surface area contributed by atoms with Crippen LogP contribution in [0.1, 0.15) is 110 Å². The maximum absolute atomic E-state index is 6.07. The van der Waals surface area contributed by atoms with Gasteiger partial charge >= 0.3 is 0 Å². The maximum Gasteiger partial charge on any atom is 0.0575 e. The van der Waals surface area contributed by atoms with Crippen LogP contribution in [0.3, 0.4) is 0 Å². The van der Waals surface area contributed by atoms with E-state index in [0.29, 0.717) is 6.10 Å². The minimum atomic E-state index is 0.582. The molecule has 0 unspecified atom stereocenters. The van der Waals surface area contributed by atoms with Gasteiger partial charge in [-0.1, -0.05) is 58.1 Å². The van der Waals surface area contributed by atoms with Crippen LogP contribution in [0, 0.1) is 17.8 Å². The van der Waals surface area contributed by atoms with Crippen molar-refractivity contribution in [1.29, 1.82) is 0 Å². The number of rotatable bonds is 11. The smallest absolute Gasteiger partial charge is 0.0575 e. The van der Waals surface area contributed by atoms with E-state index in [1.807, 2.05) is 0 Å². The third-order valence-electron chi connectivity index (χ3n) is 6.63. The van der Waals surface area contributed by atoms with Crippen LogP contribution < -0.4 is 0 Å². The molecule has 2 rings (SSSR count). The fourth-order valence-electron chi connectivity index (χ4n) is 4.79. The predicted molar refractivity (Wildman–Crippen MR) is 110 cm³/mol. The average molecular weight is 349 g/mol. The summed E-state index contributed by atoms with van der Waals surface area (Å²) in [5.74, 6) is 2.92. The van der Waals surface area contributed by atoms with Crippen molar-refractivity contribution in [1.82, 2.24) is 0 Å². The maximum atomic E-state index is 6.07. The van der Waals surface area contributed by atoms with Gasteiger partial charge in [0.2, 0.25) is 0 Å². The molecule has 2 aliphatic rings. The molecule has 1 nitrogen and oxygen atoms in total. The molecule has 2 saturated carbocycles. The van der Waals surface area contributed by atoms with Gasteiger partial charge in [0.15, 0.2) is 0 Å². The van der Waals surface area contributed by atoms with Gasteiger partial charge in [-0.3, -0.25) is 0 Å². The third kappa shape index (κ3) is 8.76. The standard InChI is InChI=1S/C24H44O/c1-3-5-7-9-21-10-12-22(13-11-21)14-15-23-16-18-24(19-17-23)25-20-8-6-4-2/h7,9,21-24H,3-6,8,10-20H2,1-2H3. The lowest BCUT2D eigenvalue weighted by Crippen LogP contribution is -2.23. The molecule has 0 aromatic rings. The lowest BCUT2D eigenvalue weighted by Gasteiger charge is -2.31. The summed E-state index contributed by atoms with van der Waals surface area (Å²) in [6.07, 6.45) is 26.3. The summed E-state index contributed by atoms with van der Waals surface area (Å²) < 4.78 is 6.07. The highest BCUT2D eigenvalue weighted by Gasteiger charge is 2.24. The van der Waals surface area contributed by atoms with Gasteiger partial charge in [0.1, 0.15) is 0 Å². The quantitative estimate of drug-likeness (QED) is 0.274. The van der Waals surface area contributed by atoms with Crippen molar-refractivity contribution in [2.45, 2.75) is 116 Å². The average Bonchev–Trinajstić information content (AvgIpc) is 2.66. The van der Waals surface area contributed by atoms with Crippen LogP contribution in [0.15, 0.2) is 12.2 Å². The van der Waals surface area contributed by atoms with E-state index in [2.05, 4.69) is 26.0 Å². The van der Waals surface area contributed by atoms with Crippen LogP contribution >= 0.6 is 0 Å². The number of allylic oxidation sites excluding steroid dienone is 2. The Hall–Kier alpha value is -0.300. The summed E-state index contributed by atoms with van der Waals surface area (Å²) in [5.41, 5.74) is 0. The molecule has 0 amide bonds. The molecule has 0 bridgehead atoms. The molecular weight excluding hydrogens is 304 g/mol. The fourth-order valence-corrected chi connectivity index (χ4v) is 4.79. The SMILES string of the molecule is CCCC=CC1CCC(CCC2CCC(OCCCCC)CC2)CC1. The van der Waals surface area contributed by atoms with Gasteiger partial charge in [-0.2, -0.15) is 0 Å². The van der Waals surface area contributed by atoms with Crippen molar-refractivity contribution in [3.8, 4) is 0 Å². The normalized spacial score (nSPS) is 30.8. The molecule has 0 atom stereocenters. The zero-order valence-electron chi connectivity index (χ0n) is 17.2. The first-order chi connectivity index (χ1) is 12.3. The monoisotopic (exact) mass is 348 g/mol. The predicted octanol–water partition coefficient (Wildman–Crippen LogP) is 7.69. The molecule has 25 heavy (non-hydrogen) atoms. The van der Waals surface area contributed by atoms with Gasteiger partial charge in [-0.25, -0.2) is 0 Å². The van der Waals surface area contributed by atoms with E-state index in [-0.39, 0.29) is 0 Å². The van der Waals surface area contributed by atoms with Crippen molar-refractivity contribution in [2.75, 3.05) is 6.61 Å². The molecule has 0 aliphatic heterocycles. The van der Waals surface area contributed by atoms with E-state index in [1.54, 1.807) is 0 Å². The van der Waals surface area contributed by atoms with Crippen molar-refractivity contribution >= 4 is 0 Å². The van der Waals surface area contributed by atoms with Crippen LogP contribution in [-0.2, 0) is 4.74 Å². The first-order valence-electron chi connectivity index (χ1n) is 11.6. The zero-order valence-corrected chi connectivity index (χ0v) is 17.2. The van der Waals surface area contributed by atoms with Crippen LogP contribution in [0.2, 0.25) is 0 Å². The molecule has 0 N–H and O–H groups in total. The van der Waals surface area contributed by atoms with Gasteiger partial charge in [-0.15, -0.1) is 0 Å². The number of ether oxygens (including phenoxy) is 1. The summed E-state index contributed by atoms with van der Waals surface area (Å²) in [4.78, 5) is 0. The summed E-state index contributed by atoms with van der Waals surface area (Å²) in [5, 5.41) is 0. The van der Waals surface area contributed by atoms with E-state index in [9.17, 15) is 0 Å². The van der Waals surface area contributed by atoms with Gasteiger partial charge in [0.25, 0.3) is 0 Å². The Balaban J connectivity index is 1.51. The fraction of sp³-hybridized carbons (Fsp3) is 0.917. The minimum absolute atomic E-state index is 0.582. The van der Waals surface area contributed by atoms with Crippen LogP contribution in [0.25, 0.3) is 0 Å². The summed E-state index contributed by atoms with van der Waals surface area (Å²) in [7, 11) is 0. The van der Waals surface area contributed by atoms with Crippen molar-refractivity contribution < 1.29 is 4.74 Å².